The first-order chi connectivity index (χ1) is 14.9. The number of aliphatic hydroxyl groups is 1. The number of hydrogen-bond acceptors (Lipinski definition) is 5. The maximum Gasteiger partial charge on any atom is 0.256 e. The highest BCUT2D eigenvalue weighted by Gasteiger charge is 2.18. The molecule has 1 atom stereocenters. The molecule has 0 aliphatic carbocycles. The number of pyridine rings is 1. The van der Waals surface area contributed by atoms with Crippen LogP contribution >= 0.6 is 0 Å². The molecule has 166 valence electrons. The third-order valence-electron chi connectivity index (χ3n) is 5.20. The standard InChI is InChI=1S/C24H23FN4O2.CH4/c1-14-6-4-5-7-20(14)29-21(31)11-10-19-22(18-9-8-17(25)12-15(18)2)27-24(28-23(19)29)26-16(3)13-30;/h4-12,16,30H,13H2,1-3H3,(H,26,27,28);1H4/t16-;/m1./s1. The van der Waals surface area contributed by atoms with E-state index in [0.717, 1.165) is 22.4 Å². The van der Waals surface area contributed by atoms with E-state index in [4.69, 9.17) is 0 Å². The number of aromatic nitrogens is 3. The van der Waals surface area contributed by atoms with Crippen molar-refractivity contribution in [2.24, 2.45) is 0 Å². The van der Waals surface area contributed by atoms with Crippen molar-refractivity contribution in [1.82, 2.24) is 14.5 Å². The van der Waals surface area contributed by atoms with E-state index in [2.05, 4.69) is 15.3 Å². The summed E-state index contributed by atoms with van der Waals surface area (Å²) in [5, 5.41) is 13.2. The number of nitrogens with zero attached hydrogens (tertiary/aromatic N) is 3. The van der Waals surface area contributed by atoms with Crippen molar-refractivity contribution in [2.75, 3.05) is 11.9 Å². The quantitative estimate of drug-likeness (QED) is 0.479. The lowest BCUT2D eigenvalue weighted by molar-refractivity contribution is 0.281. The zero-order valence-electron chi connectivity index (χ0n) is 17.6. The van der Waals surface area contributed by atoms with Gasteiger partial charge in [-0.3, -0.25) is 9.36 Å². The molecule has 0 aliphatic heterocycles. The molecule has 0 bridgehead atoms. The summed E-state index contributed by atoms with van der Waals surface area (Å²) >= 11 is 0. The number of aliphatic hydroxyl groups excluding tert-OH is 1. The molecular weight excluding hydrogens is 407 g/mol. The van der Waals surface area contributed by atoms with Crippen LogP contribution < -0.4 is 10.9 Å². The molecule has 4 rings (SSSR count). The highest BCUT2D eigenvalue weighted by molar-refractivity contribution is 5.93. The van der Waals surface area contributed by atoms with Gasteiger partial charge in [0.15, 0.2) is 5.65 Å². The van der Waals surface area contributed by atoms with Gasteiger partial charge in [0.05, 0.1) is 18.0 Å². The van der Waals surface area contributed by atoms with E-state index in [9.17, 15) is 14.3 Å². The van der Waals surface area contributed by atoms with E-state index >= 15 is 0 Å². The number of anilines is 1. The minimum Gasteiger partial charge on any atom is -0.394 e. The highest BCUT2D eigenvalue weighted by atomic mass is 19.1. The van der Waals surface area contributed by atoms with E-state index in [1.54, 1.807) is 23.6 Å². The number of benzene rings is 2. The maximum absolute atomic E-state index is 13.7. The van der Waals surface area contributed by atoms with Crippen LogP contribution in [0.2, 0.25) is 0 Å². The normalized spacial score (nSPS) is 11.8. The predicted octanol–water partition coefficient (Wildman–Crippen LogP) is 4.63. The molecule has 7 heteroatoms. The Balaban J connectivity index is 0.00000289. The Bertz CT molecular complexity index is 1330. The van der Waals surface area contributed by atoms with Crippen LogP contribution in [0.25, 0.3) is 28.0 Å². The lowest BCUT2D eigenvalue weighted by Gasteiger charge is -2.17. The molecule has 4 aromatic rings. The van der Waals surface area contributed by atoms with Crippen LogP contribution in [0.3, 0.4) is 0 Å². The second-order valence-electron chi connectivity index (χ2n) is 7.61. The minimum absolute atomic E-state index is 0. The molecule has 0 spiro atoms. The average molecular weight is 435 g/mol. The van der Waals surface area contributed by atoms with Gasteiger partial charge in [0.2, 0.25) is 5.95 Å². The number of halogens is 1. The summed E-state index contributed by atoms with van der Waals surface area (Å²) in [6.45, 7) is 5.44. The Kier molecular flexibility index (Phi) is 6.69. The van der Waals surface area contributed by atoms with Crippen LogP contribution in [-0.2, 0) is 0 Å². The molecule has 6 nitrogen and oxygen atoms in total. The number of nitrogens with one attached hydrogen (secondary N) is 1. The molecule has 2 heterocycles. The van der Waals surface area contributed by atoms with Gasteiger partial charge < -0.3 is 10.4 Å². The summed E-state index contributed by atoms with van der Waals surface area (Å²) in [7, 11) is 0. The fourth-order valence-corrected chi connectivity index (χ4v) is 3.59. The van der Waals surface area contributed by atoms with Gasteiger partial charge in [-0.15, -0.1) is 0 Å². The Labute approximate surface area is 186 Å². The van der Waals surface area contributed by atoms with Gasteiger partial charge in [-0.2, -0.15) is 4.98 Å². The zero-order valence-corrected chi connectivity index (χ0v) is 17.6. The number of fused-ring (bicyclic) bond motifs is 1. The summed E-state index contributed by atoms with van der Waals surface area (Å²) < 4.78 is 15.3. The summed E-state index contributed by atoms with van der Waals surface area (Å²) in [6.07, 6.45) is 0. The fraction of sp³-hybridized carbons (Fsp3) is 0.240. The second kappa shape index (κ2) is 9.28. The average Bonchev–Trinajstić information content (AvgIpc) is 2.74. The molecule has 0 unspecified atom stereocenters. The van der Waals surface area contributed by atoms with Crippen molar-refractivity contribution in [3.63, 3.8) is 0 Å². The summed E-state index contributed by atoms with van der Waals surface area (Å²) in [4.78, 5) is 22.2. The summed E-state index contributed by atoms with van der Waals surface area (Å²) in [6, 6.07) is 15.0. The first kappa shape index (κ1) is 23.1. The predicted molar refractivity (Wildman–Crippen MR) is 127 cm³/mol. The summed E-state index contributed by atoms with van der Waals surface area (Å²) in [5.74, 6) is -0.0515. The monoisotopic (exact) mass is 434 g/mol. The van der Waals surface area contributed by atoms with Crippen LogP contribution in [0.5, 0.6) is 0 Å². The molecule has 0 saturated heterocycles. The largest absolute Gasteiger partial charge is 0.394 e. The molecule has 0 fully saturated rings. The van der Waals surface area contributed by atoms with E-state index < -0.39 is 0 Å². The molecular formula is C25H27FN4O2. The molecule has 0 amide bonds. The number of rotatable bonds is 5. The van der Waals surface area contributed by atoms with E-state index in [1.807, 2.05) is 38.1 Å². The van der Waals surface area contributed by atoms with Crippen LogP contribution in [0, 0.1) is 19.7 Å². The van der Waals surface area contributed by atoms with Gasteiger partial charge in [0, 0.05) is 23.1 Å². The lowest BCUT2D eigenvalue weighted by atomic mass is 10.0. The van der Waals surface area contributed by atoms with Gasteiger partial charge in [-0.05, 0) is 62.2 Å². The maximum atomic E-state index is 13.7. The van der Waals surface area contributed by atoms with Crippen molar-refractivity contribution in [1.29, 1.82) is 0 Å². The van der Waals surface area contributed by atoms with Crippen molar-refractivity contribution in [2.45, 2.75) is 34.2 Å². The third-order valence-corrected chi connectivity index (χ3v) is 5.20. The van der Waals surface area contributed by atoms with Gasteiger partial charge in [-0.1, -0.05) is 25.6 Å². The molecule has 2 N–H and O–H groups in total. The van der Waals surface area contributed by atoms with Crippen LogP contribution in [-0.4, -0.2) is 32.3 Å². The van der Waals surface area contributed by atoms with E-state index in [0.29, 0.717) is 16.7 Å². The second-order valence-corrected chi connectivity index (χ2v) is 7.61. The molecule has 0 saturated carbocycles. The van der Waals surface area contributed by atoms with Crippen molar-refractivity contribution < 1.29 is 9.50 Å². The number of para-hydroxylation sites is 1. The van der Waals surface area contributed by atoms with Crippen LogP contribution in [0.4, 0.5) is 10.3 Å². The van der Waals surface area contributed by atoms with Crippen LogP contribution in [0.15, 0.2) is 59.4 Å². The Morgan fingerprint density at radius 3 is 2.50 bits per heavy atom. The Hall–Kier alpha value is -3.58. The molecule has 0 aliphatic rings. The van der Waals surface area contributed by atoms with Gasteiger partial charge in [-0.25, -0.2) is 9.37 Å². The van der Waals surface area contributed by atoms with E-state index in [-0.39, 0.29) is 37.4 Å². The van der Waals surface area contributed by atoms with Gasteiger partial charge in [0.1, 0.15) is 5.82 Å². The third kappa shape index (κ3) is 4.24. The SMILES string of the molecule is C.Cc1cc(F)ccc1-c1nc(N[C@H](C)CO)nc2c1ccc(=O)n2-c1ccccc1C. The Morgan fingerprint density at radius 2 is 1.81 bits per heavy atom. The van der Waals surface area contributed by atoms with E-state index in [1.165, 1.54) is 18.2 Å². The lowest BCUT2D eigenvalue weighted by Crippen LogP contribution is -2.23. The highest BCUT2D eigenvalue weighted by Crippen LogP contribution is 2.30. The van der Waals surface area contributed by atoms with Gasteiger partial charge in [0.25, 0.3) is 5.56 Å². The molecule has 2 aromatic carbocycles. The fourth-order valence-electron chi connectivity index (χ4n) is 3.59. The van der Waals surface area contributed by atoms with Crippen molar-refractivity contribution >= 4 is 17.0 Å². The zero-order chi connectivity index (χ0) is 22.1. The first-order valence-electron chi connectivity index (χ1n) is 10.0. The molecule has 32 heavy (non-hydrogen) atoms. The molecule has 0 radical (unpaired) electrons. The number of aryl methyl sites for hydroxylation is 2. The summed E-state index contributed by atoms with van der Waals surface area (Å²) in [5.41, 5.74) is 3.90. The van der Waals surface area contributed by atoms with Gasteiger partial charge >= 0.3 is 0 Å². The van der Waals surface area contributed by atoms with Crippen molar-refractivity contribution in [3.05, 3.63) is 81.9 Å². The smallest absolute Gasteiger partial charge is 0.256 e. The van der Waals surface area contributed by atoms with Crippen molar-refractivity contribution in [3.8, 4) is 16.9 Å². The Morgan fingerprint density at radius 1 is 1.06 bits per heavy atom. The topological polar surface area (TPSA) is 80.0 Å². The first-order valence-corrected chi connectivity index (χ1v) is 10.0. The minimum atomic E-state index is -0.330. The molecule has 2 aromatic heterocycles. The van der Waals surface area contributed by atoms with Crippen LogP contribution in [0.1, 0.15) is 25.5 Å². The number of hydrogen-bond donors (Lipinski definition) is 2.